The van der Waals surface area contributed by atoms with Gasteiger partial charge in [-0.25, -0.2) is 15.0 Å². The molecule has 92 valence electrons. The topological polar surface area (TPSA) is 38.7 Å². The SMILES string of the molecule is CSc1nc2ncnc(SCCC(C)C)c2s1. The second kappa shape index (κ2) is 6.02. The van der Waals surface area contributed by atoms with Crippen molar-refractivity contribution in [2.45, 2.75) is 29.6 Å². The zero-order valence-electron chi connectivity index (χ0n) is 10.1. The van der Waals surface area contributed by atoms with Crippen LogP contribution in [0.2, 0.25) is 0 Å². The van der Waals surface area contributed by atoms with Crippen molar-refractivity contribution in [3.8, 4) is 0 Å². The fourth-order valence-electron chi connectivity index (χ4n) is 1.30. The van der Waals surface area contributed by atoms with Gasteiger partial charge in [-0.2, -0.15) is 0 Å². The molecular weight excluding hydrogens is 270 g/mol. The summed E-state index contributed by atoms with van der Waals surface area (Å²) in [5.74, 6) is 1.85. The van der Waals surface area contributed by atoms with Gasteiger partial charge in [0.2, 0.25) is 0 Å². The predicted octanol–water partition coefficient (Wildman–Crippen LogP) is 3.95. The molecule has 0 N–H and O–H groups in total. The van der Waals surface area contributed by atoms with Crippen molar-refractivity contribution in [3.05, 3.63) is 6.33 Å². The molecule has 0 aromatic carbocycles. The van der Waals surface area contributed by atoms with Gasteiger partial charge in [-0.1, -0.05) is 25.6 Å². The number of aromatic nitrogens is 3. The fourth-order valence-corrected chi connectivity index (χ4v) is 4.12. The van der Waals surface area contributed by atoms with Gasteiger partial charge >= 0.3 is 0 Å². The lowest BCUT2D eigenvalue weighted by Crippen LogP contribution is -1.91. The average Bonchev–Trinajstić information content (AvgIpc) is 2.72. The van der Waals surface area contributed by atoms with Crippen LogP contribution in [0.3, 0.4) is 0 Å². The summed E-state index contributed by atoms with van der Waals surface area (Å²) in [6.07, 6.45) is 4.87. The molecule has 0 atom stereocenters. The van der Waals surface area contributed by atoms with Gasteiger partial charge in [0.05, 0.1) is 0 Å². The molecule has 0 spiro atoms. The zero-order chi connectivity index (χ0) is 12.3. The number of fused-ring (bicyclic) bond motifs is 1. The first-order valence-electron chi connectivity index (χ1n) is 5.49. The van der Waals surface area contributed by atoms with Crippen LogP contribution >= 0.6 is 34.9 Å². The molecule has 2 aromatic rings. The lowest BCUT2D eigenvalue weighted by molar-refractivity contribution is 0.632. The van der Waals surface area contributed by atoms with Crippen LogP contribution in [0, 0.1) is 5.92 Å². The molecule has 0 radical (unpaired) electrons. The molecule has 0 aliphatic heterocycles. The minimum absolute atomic E-state index is 0.739. The van der Waals surface area contributed by atoms with Crippen LogP contribution < -0.4 is 0 Å². The van der Waals surface area contributed by atoms with Crippen molar-refractivity contribution in [1.29, 1.82) is 0 Å². The number of thioether (sulfide) groups is 2. The number of hydrogen-bond donors (Lipinski definition) is 0. The molecule has 0 amide bonds. The lowest BCUT2D eigenvalue weighted by atomic mass is 10.2. The highest BCUT2D eigenvalue weighted by atomic mass is 32.2. The highest BCUT2D eigenvalue weighted by molar-refractivity contribution is 8.00. The average molecular weight is 285 g/mol. The van der Waals surface area contributed by atoms with E-state index in [0.717, 1.165) is 31.4 Å². The normalized spacial score (nSPS) is 11.5. The Morgan fingerprint density at radius 1 is 1.35 bits per heavy atom. The molecule has 2 aromatic heterocycles. The van der Waals surface area contributed by atoms with E-state index in [1.807, 2.05) is 18.0 Å². The predicted molar refractivity (Wildman–Crippen MR) is 77.2 cm³/mol. The molecule has 0 unspecified atom stereocenters. The third-order valence-electron chi connectivity index (χ3n) is 2.25. The van der Waals surface area contributed by atoms with E-state index in [4.69, 9.17) is 0 Å². The summed E-state index contributed by atoms with van der Waals surface area (Å²) < 4.78 is 2.19. The molecule has 2 heterocycles. The van der Waals surface area contributed by atoms with Crippen LogP contribution in [-0.2, 0) is 0 Å². The number of thiazole rings is 1. The second-order valence-corrected chi connectivity index (χ2v) is 7.18. The van der Waals surface area contributed by atoms with Crippen molar-refractivity contribution >= 4 is 45.2 Å². The highest BCUT2D eigenvalue weighted by Gasteiger charge is 2.10. The summed E-state index contributed by atoms with van der Waals surface area (Å²) in [6, 6.07) is 0. The van der Waals surface area contributed by atoms with E-state index in [2.05, 4.69) is 28.8 Å². The smallest absolute Gasteiger partial charge is 0.175 e. The summed E-state index contributed by atoms with van der Waals surface area (Å²) in [5.41, 5.74) is 0.835. The molecule has 0 bridgehead atoms. The van der Waals surface area contributed by atoms with Gasteiger partial charge in [-0.05, 0) is 24.3 Å². The molecule has 6 heteroatoms. The first kappa shape index (κ1) is 13.1. The third-order valence-corrected chi connectivity index (χ3v) is 5.44. The maximum Gasteiger partial charge on any atom is 0.175 e. The quantitative estimate of drug-likeness (QED) is 0.614. The van der Waals surface area contributed by atoms with Crippen molar-refractivity contribution in [2.24, 2.45) is 5.92 Å². The summed E-state index contributed by atoms with van der Waals surface area (Å²) in [6.45, 7) is 4.49. The van der Waals surface area contributed by atoms with Crippen molar-refractivity contribution in [2.75, 3.05) is 12.0 Å². The van der Waals surface area contributed by atoms with Crippen molar-refractivity contribution in [3.63, 3.8) is 0 Å². The third kappa shape index (κ3) is 3.33. The molecular formula is C11H15N3S3. The highest BCUT2D eigenvalue weighted by Crippen LogP contribution is 2.33. The Morgan fingerprint density at radius 2 is 2.18 bits per heavy atom. The minimum atomic E-state index is 0.739. The van der Waals surface area contributed by atoms with Crippen LogP contribution in [-0.4, -0.2) is 27.0 Å². The Labute approximate surface area is 114 Å². The van der Waals surface area contributed by atoms with Gasteiger partial charge in [0.25, 0.3) is 0 Å². The van der Waals surface area contributed by atoms with E-state index >= 15 is 0 Å². The van der Waals surface area contributed by atoms with Gasteiger partial charge in [0, 0.05) is 0 Å². The first-order chi connectivity index (χ1) is 8.20. The van der Waals surface area contributed by atoms with E-state index in [1.54, 1.807) is 29.4 Å². The Morgan fingerprint density at radius 3 is 2.88 bits per heavy atom. The Balaban J connectivity index is 2.18. The van der Waals surface area contributed by atoms with Gasteiger partial charge in [-0.3, -0.25) is 0 Å². The van der Waals surface area contributed by atoms with Gasteiger partial charge in [0.1, 0.15) is 16.1 Å². The van der Waals surface area contributed by atoms with E-state index < -0.39 is 0 Å². The van der Waals surface area contributed by atoms with Crippen molar-refractivity contribution < 1.29 is 0 Å². The molecule has 17 heavy (non-hydrogen) atoms. The molecule has 0 saturated carbocycles. The maximum absolute atomic E-state index is 4.45. The molecule has 0 aliphatic carbocycles. The fraction of sp³-hybridized carbons (Fsp3) is 0.545. The zero-order valence-corrected chi connectivity index (χ0v) is 12.6. The maximum atomic E-state index is 4.45. The van der Waals surface area contributed by atoms with E-state index in [-0.39, 0.29) is 0 Å². The number of hydrogen-bond acceptors (Lipinski definition) is 6. The monoisotopic (exact) mass is 285 g/mol. The Kier molecular flexibility index (Phi) is 4.64. The summed E-state index contributed by atoms with van der Waals surface area (Å²) >= 11 is 5.16. The standard InChI is InChI=1S/C11H15N3S3/c1-7(2)4-5-16-10-8-9(12-6-13-10)14-11(15-3)17-8/h6-7H,4-5H2,1-3H3. The molecule has 3 nitrogen and oxygen atoms in total. The molecule has 0 aliphatic rings. The number of nitrogens with zero attached hydrogens (tertiary/aromatic N) is 3. The van der Waals surface area contributed by atoms with Crippen LogP contribution in [0.25, 0.3) is 10.3 Å². The van der Waals surface area contributed by atoms with E-state index in [9.17, 15) is 0 Å². The van der Waals surface area contributed by atoms with Gasteiger partial charge < -0.3 is 0 Å². The molecule has 0 saturated heterocycles. The van der Waals surface area contributed by atoms with Gasteiger partial charge in [0.15, 0.2) is 9.99 Å². The summed E-state index contributed by atoms with van der Waals surface area (Å²) in [4.78, 5) is 13.0. The minimum Gasteiger partial charge on any atom is -0.228 e. The summed E-state index contributed by atoms with van der Waals surface area (Å²) in [5, 5.41) is 1.08. The Hall–Kier alpha value is -0.330. The summed E-state index contributed by atoms with van der Waals surface area (Å²) in [7, 11) is 0. The van der Waals surface area contributed by atoms with Crippen LogP contribution in [0.1, 0.15) is 20.3 Å². The van der Waals surface area contributed by atoms with Gasteiger partial charge in [-0.15, -0.1) is 23.1 Å². The Bertz CT molecular complexity index is 496. The van der Waals surface area contributed by atoms with Crippen LogP contribution in [0.5, 0.6) is 0 Å². The van der Waals surface area contributed by atoms with Crippen LogP contribution in [0.15, 0.2) is 15.7 Å². The first-order valence-corrected chi connectivity index (χ1v) is 8.51. The second-order valence-electron chi connectivity index (χ2n) is 4.05. The molecule has 2 rings (SSSR count). The van der Waals surface area contributed by atoms with E-state index in [0.29, 0.717) is 0 Å². The van der Waals surface area contributed by atoms with Crippen LogP contribution in [0.4, 0.5) is 0 Å². The largest absolute Gasteiger partial charge is 0.228 e. The van der Waals surface area contributed by atoms with E-state index in [1.165, 1.54) is 6.42 Å². The lowest BCUT2D eigenvalue weighted by Gasteiger charge is -2.03. The van der Waals surface area contributed by atoms with Crippen molar-refractivity contribution in [1.82, 2.24) is 15.0 Å². The number of rotatable bonds is 5. The molecule has 0 fully saturated rings.